The number of halogens is 1. The summed E-state index contributed by atoms with van der Waals surface area (Å²) in [6.07, 6.45) is 3.08. The van der Waals surface area contributed by atoms with Crippen LogP contribution in [-0.2, 0) is 14.8 Å². The van der Waals surface area contributed by atoms with Crippen LogP contribution < -0.4 is 4.74 Å². The van der Waals surface area contributed by atoms with E-state index in [9.17, 15) is 28.1 Å². The Morgan fingerprint density at radius 1 is 0.949 bits per heavy atom. The van der Waals surface area contributed by atoms with Crippen LogP contribution in [0.5, 0.6) is 5.75 Å². The molecule has 10 nitrogen and oxygen atoms in total. The number of amides is 1. The van der Waals surface area contributed by atoms with Gasteiger partial charge in [-0.3, -0.25) is 19.7 Å². The van der Waals surface area contributed by atoms with E-state index in [4.69, 9.17) is 16.3 Å². The van der Waals surface area contributed by atoms with Gasteiger partial charge < -0.3 is 9.64 Å². The monoisotopic (exact) mass is 569 g/mol. The zero-order valence-corrected chi connectivity index (χ0v) is 22.2. The minimum Gasteiger partial charge on any atom is -0.484 e. The van der Waals surface area contributed by atoms with Crippen molar-refractivity contribution in [1.82, 2.24) is 9.21 Å². The molecule has 12 heteroatoms. The van der Waals surface area contributed by atoms with Crippen LogP contribution in [0.1, 0.15) is 15.9 Å². The van der Waals surface area contributed by atoms with Crippen LogP contribution in [0.2, 0.25) is 5.02 Å². The highest BCUT2D eigenvalue weighted by molar-refractivity contribution is 7.89. The Labute approximate surface area is 230 Å². The predicted octanol–water partition coefficient (Wildman–Crippen LogP) is 4.06. The molecule has 39 heavy (non-hydrogen) atoms. The molecule has 0 saturated carbocycles. The standard InChI is InChI=1S/C27H24ClN3O7S/c28-25-4-2-1-3-20(25)7-14-26(32)21-5-10-23(11-6-21)38-19-27(33)29-15-17-30(18-16-29)39(36,37)24-12-8-22(9-13-24)31(34)35/h1-14H,15-19H2. The fourth-order valence-corrected chi connectivity index (χ4v) is 5.51. The van der Waals surface area contributed by atoms with Crippen LogP contribution in [0, 0.1) is 10.1 Å². The van der Waals surface area contributed by atoms with Gasteiger partial charge in [-0.1, -0.05) is 29.8 Å². The summed E-state index contributed by atoms with van der Waals surface area (Å²) in [6.45, 7) is 0.293. The van der Waals surface area contributed by atoms with Gasteiger partial charge in [-0.05, 0) is 60.2 Å². The number of sulfonamides is 1. The number of nitro groups is 1. The maximum atomic E-state index is 12.9. The van der Waals surface area contributed by atoms with Gasteiger partial charge in [0.15, 0.2) is 12.4 Å². The van der Waals surface area contributed by atoms with Crippen molar-refractivity contribution in [3.05, 3.63) is 105 Å². The third kappa shape index (κ3) is 6.88. The average molecular weight is 570 g/mol. The van der Waals surface area contributed by atoms with Crippen LogP contribution in [0.15, 0.2) is 83.8 Å². The summed E-state index contributed by atoms with van der Waals surface area (Å²) in [5.74, 6) is -0.0985. The van der Waals surface area contributed by atoms with Crippen molar-refractivity contribution in [1.29, 1.82) is 0 Å². The van der Waals surface area contributed by atoms with Crippen LogP contribution in [-0.4, -0.2) is 67.0 Å². The Hall–Kier alpha value is -4.06. The first-order valence-electron chi connectivity index (χ1n) is 11.9. The zero-order chi connectivity index (χ0) is 28.0. The predicted molar refractivity (Wildman–Crippen MR) is 145 cm³/mol. The Morgan fingerprint density at radius 3 is 2.21 bits per heavy atom. The number of piperazine rings is 1. The topological polar surface area (TPSA) is 127 Å². The Morgan fingerprint density at radius 2 is 1.59 bits per heavy atom. The largest absolute Gasteiger partial charge is 0.484 e. The molecule has 1 fully saturated rings. The lowest BCUT2D eigenvalue weighted by Gasteiger charge is -2.33. The second kappa shape index (κ2) is 12.2. The first-order chi connectivity index (χ1) is 18.6. The molecule has 0 atom stereocenters. The second-order valence-electron chi connectivity index (χ2n) is 8.57. The first kappa shape index (κ1) is 28.0. The van der Waals surface area contributed by atoms with Gasteiger partial charge in [0.1, 0.15) is 5.75 Å². The third-order valence-electron chi connectivity index (χ3n) is 6.10. The summed E-state index contributed by atoms with van der Waals surface area (Å²) in [5, 5.41) is 11.3. The maximum Gasteiger partial charge on any atom is 0.269 e. The number of hydrogen-bond acceptors (Lipinski definition) is 7. The minimum atomic E-state index is -3.84. The number of carbonyl (C=O) groups is 2. The smallest absolute Gasteiger partial charge is 0.269 e. The van der Waals surface area contributed by atoms with Crippen LogP contribution >= 0.6 is 11.6 Å². The molecule has 0 aromatic heterocycles. The van der Waals surface area contributed by atoms with Gasteiger partial charge in [-0.25, -0.2) is 8.42 Å². The van der Waals surface area contributed by atoms with Gasteiger partial charge in [0.2, 0.25) is 10.0 Å². The van der Waals surface area contributed by atoms with Crippen LogP contribution in [0.4, 0.5) is 5.69 Å². The number of rotatable bonds is 9. The van der Waals surface area contributed by atoms with Gasteiger partial charge >= 0.3 is 0 Å². The first-order valence-corrected chi connectivity index (χ1v) is 13.7. The molecule has 1 aliphatic heterocycles. The van der Waals surface area contributed by atoms with E-state index in [1.807, 2.05) is 6.07 Å². The Kier molecular flexibility index (Phi) is 8.75. The summed E-state index contributed by atoms with van der Waals surface area (Å²) >= 11 is 6.10. The SMILES string of the molecule is O=C(C=Cc1ccccc1Cl)c1ccc(OCC(=O)N2CCN(S(=O)(=O)c3ccc([N+](=O)[O-])cc3)CC2)cc1. The molecule has 1 aliphatic rings. The fraction of sp³-hybridized carbons (Fsp3) is 0.185. The van der Waals surface area contributed by atoms with Crippen LogP contribution in [0.3, 0.4) is 0 Å². The normalized spacial score (nSPS) is 14.3. The van der Waals surface area contributed by atoms with E-state index in [1.54, 1.807) is 48.5 Å². The van der Waals surface area contributed by atoms with Crippen molar-refractivity contribution < 1.29 is 27.7 Å². The Bertz CT molecular complexity index is 1500. The molecule has 1 amide bonds. The lowest BCUT2D eigenvalue weighted by atomic mass is 10.1. The van der Waals surface area contributed by atoms with E-state index < -0.39 is 14.9 Å². The van der Waals surface area contributed by atoms with Crippen molar-refractivity contribution in [2.45, 2.75) is 4.90 Å². The molecule has 0 aliphatic carbocycles. The molecule has 202 valence electrons. The van der Waals surface area contributed by atoms with Crippen molar-refractivity contribution >= 4 is 45.1 Å². The number of ether oxygens (including phenoxy) is 1. The molecule has 0 N–H and O–H groups in total. The van der Waals surface area contributed by atoms with Crippen LogP contribution in [0.25, 0.3) is 6.08 Å². The summed E-state index contributed by atoms with van der Waals surface area (Å²) in [6, 6.07) is 18.3. The molecule has 1 heterocycles. The molecular formula is C27H24ClN3O7S. The number of hydrogen-bond donors (Lipinski definition) is 0. The van der Waals surface area contributed by atoms with E-state index in [2.05, 4.69) is 0 Å². The van der Waals surface area contributed by atoms with E-state index >= 15 is 0 Å². The van der Waals surface area contributed by atoms with Gasteiger partial charge in [0, 0.05) is 48.9 Å². The van der Waals surface area contributed by atoms with E-state index in [0.29, 0.717) is 16.3 Å². The number of carbonyl (C=O) groups excluding carboxylic acids is 2. The Balaban J connectivity index is 1.26. The average Bonchev–Trinajstić information content (AvgIpc) is 2.95. The molecule has 0 spiro atoms. The van der Waals surface area contributed by atoms with E-state index in [1.165, 1.54) is 27.4 Å². The number of nitro benzene ring substituents is 1. The maximum absolute atomic E-state index is 12.9. The summed E-state index contributed by atoms with van der Waals surface area (Å²) in [4.78, 5) is 36.7. The number of nitrogens with zero attached hydrogens (tertiary/aromatic N) is 3. The number of ketones is 1. The van der Waals surface area contributed by atoms with Crippen molar-refractivity contribution in [2.24, 2.45) is 0 Å². The van der Waals surface area contributed by atoms with E-state index in [-0.39, 0.29) is 55.1 Å². The van der Waals surface area contributed by atoms with Gasteiger partial charge in [0.05, 0.1) is 9.82 Å². The molecule has 3 aromatic carbocycles. The van der Waals surface area contributed by atoms with E-state index in [0.717, 1.165) is 17.7 Å². The zero-order valence-electron chi connectivity index (χ0n) is 20.6. The third-order valence-corrected chi connectivity index (χ3v) is 8.35. The molecule has 1 saturated heterocycles. The highest BCUT2D eigenvalue weighted by Crippen LogP contribution is 2.21. The highest BCUT2D eigenvalue weighted by atomic mass is 35.5. The van der Waals surface area contributed by atoms with Gasteiger partial charge in [0.25, 0.3) is 11.6 Å². The van der Waals surface area contributed by atoms with Crippen molar-refractivity contribution in [2.75, 3.05) is 32.8 Å². The number of allylic oxidation sites excluding steroid dienone is 1. The van der Waals surface area contributed by atoms with Gasteiger partial charge in [-0.15, -0.1) is 0 Å². The van der Waals surface area contributed by atoms with Crippen molar-refractivity contribution in [3.8, 4) is 5.75 Å². The van der Waals surface area contributed by atoms with Gasteiger partial charge in [-0.2, -0.15) is 4.31 Å². The number of benzene rings is 3. The van der Waals surface area contributed by atoms with Crippen molar-refractivity contribution in [3.63, 3.8) is 0 Å². The molecular weight excluding hydrogens is 546 g/mol. The molecule has 0 radical (unpaired) electrons. The molecule has 3 aromatic rings. The fourth-order valence-electron chi connectivity index (χ4n) is 3.89. The minimum absolute atomic E-state index is 0.0440. The lowest BCUT2D eigenvalue weighted by molar-refractivity contribution is -0.384. The molecule has 0 bridgehead atoms. The molecule has 4 rings (SSSR count). The summed E-state index contributed by atoms with van der Waals surface area (Å²) in [7, 11) is -3.84. The lowest BCUT2D eigenvalue weighted by Crippen LogP contribution is -2.51. The highest BCUT2D eigenvalue weighted by Gasteiger charge is 2.30. The quantitative estimate of drug-likeness (QED) is 0.164. The number of non-ortho nitro benzene ring substituents is 1. The summed E-state index contributed by atoms with van der Waals surface area (Å²) in [5.41, 5.74) is 0.981. The summed E-state index contributed by atoms with van der Waals surface area (Å²) < 4.78 is 32.5. The molecule has 0 unspecified atom stereocenters. The second-order valence-corrected chi connectivity index (χ2v) is 10.9.